The molecule has 128 valence electrons. The molecule has 0 unspecified atom stereocenters. The number of fused-ring (bicyclic) bond motifs is 1. The molecule has 1 amide bonds. The Kier molecular flexibility index (Phi) is 4.46. The number of nitrogens with one attached hydrogen (secondary N) is 1. The highest BCUT2D eigenvalue weighted by molar-refractivity contribution is 7.99. The number of carbonyl (C=O) groups excluding carboxylic acids is 1. The summed E-state index contributed by atoms with van der Waals surface area (Å²) in [6.45, 7) is 1.84. The van der Waals surface area contributed by atoms with Crippen LogP contribution in [0.25, 0.3) is 10.8 Å². The van der Waals surface area contributed by atoms with Crippen LogP contribution in [0, 0.1) is 6.92 Å². The first-order valence-electron chi connectivity index (χ1n) is 8.20. The van der Waals surface area contributed by atoms with Crippen molar-refractivity contribution in [2.24, 2.45) is 0 Å². The molecule has 26 heavy (non-hydrogen) atoms. The second kappa shape index (κ2) is 7.06. The van der Waals surface area contributed by atoms with Crippen molar-refractivity contribution in [3.05, 3.63) is 84.3 Å². The van der Waals surface area contributed by atoms with Gasteiger partial charge in [-0.25, -0.2) is 0 Å². The van der Waals surface area contributed by atoms with E-state index in [-0.39, 0.29) is 11.7 Å². The highest BCUT2D eigenvalue weighted by atomic mass is 32.2. The first-order valence-corrected chi connectivity index (χ1v) is 9.02. The maximum atomic E-state index is 12.8. The second-order valence-corrected chi connectivity index (χ2v) is 6.91. The molecule has 0 aliphatic carbocycles. The molecule has 1 N–H and O–H groups in total. The molecular weight excluding hydrogens is 344 g/mol. The quantitative estimate of drug-likeness (QED) is 0.519. The average Bonchev–Trinajstić information content (AvgIpc) is 3.03. The van der Waals surface area contributed by atoms with Crippen LogP contribution in [-0.2, 0) is 0 Å². The summed E-state index contributed by atoms with van der Waals surface area (Å²) in [6.07, 6.45) is 0. The largest absolute Gasteiger partial charge is 0.349 e. The highest BCUT2D eigenvalue weighted by Crippen LogP contribution is 2.33. The minimum absolute atomic E-state index is 0.226. The number of aromatic nitrogens is 1. The highest BCUT2D eigenvalue weighted by Gasteiger charge is 2.22. The predicted molar refractivity (Wildman–Crippen MR) is 104 cm³/mol. The van der Waals surface area contributed by atoms with Crippen LogP contribution in [-0.4, -0.2) is 11.1 Å². The van der Waals surface area contributed by atoms with Crippen molar-refractivity contribution >= 4 is 34.1 Å². The van der Waals surface area contributed by atoms with Crippen LogP contribution >= 0.6 is 11.8 Å². The SMILES string of the molecule is Cc1noc(C(=O)Nc2cccc3ccccc23)c1Sc1ccccc1. The number of hydrogen-bond acceptors (Lipinski definition) is 4. The zero-order valence-corrected chi connectivity index (χ0v) is 14.9. The van der Waals surface area contributed by atoms with Gasteiger partial charge in [0.05, 0.1) is 10.6 Å². The molecule has 1 aromatic heterocycles. The monoisotopic (exact) mass is 360 g/mol. The van der Waals surface area contributed by atoms with Crippen LogP contribution in [0.5, 0.6) is 0 Å². The van der Waals surface area contributed by atoms with Gasteiger partial charge in [0.2, 0.25) is 5.76 Å². The molecule has 0 saturated heterocycles. The van der Waals surface area contributed by atoms with E-state index >= 15 is 0 Å². The lowest BCUT2D eigenvalue weighted by molar-refractivity contribution is 0.0984. The number of anilines is 1. The third kappa shape index (κ3) is 3.21. The fraction of sp³-hybridized carbons (Fsp3) is 0.0476. The lowest BCUT2D eigenvalue weighted by Gasteiger charge is -2.08. The van der Waals surface area contributed by atoms with E-state index in [0.717, 1.165) is 26.3 Å². The number of hydrogen-bond donors (Lipinski definition) is 1. The normalized spacial score (nSPS) is 10.8. The van der Waals surface area contributed by atoms with Gasteiger partial charge in [0.1, 0.15) is 0 Å². The smallest absolute Gasteiger partial charge is 0.295 e. The molecule has 3 aromatic carbocycles. The van der Waals surface area contributed by atoms with Crippen LogP contribution in [0.15, 0.2) is 87.1 Å². The molecule has 0 fully saturated rings. The Morgan fingerprint density at radius 3 is 2.54 bits per heavy atom. The molecule has 1 heterocycles. The van der Waals surface area contributed by atoms with E-state index in [1.165, 1.54) is 11.8 Å². The molecule has 0 radical (unpaired) electrons. The first kappa shape index (κ1) is 16.4. The molecule has 4 nitrogen and oxygen atoms in total. The Morgan fingerprint density at radius 2 is 1.69 bits per heavy atom. The third-order valence-electron chi connectivity index (χ3n) is 4.02. The molecule has 4 aromatic rings. The number of carbonyl (C=O) groups is 1. The van der Waals surface area contributed by atoms with Gasteiger partial charge in [-0.3, -0.25) is 4.79 Å². The fourth-order valence-corrected chi connectivity index (χ4v) is 3.68. The van der Waals surface area contributed by atoms with Crippen molar-refractivity contribution < 1.29 is 9.32 Å². The predicted octanol–water partition coefficient (Wildman–Crippen LogP) is 5.54. The summed E-state index contributed by atoms with van der Waals surface area (Å²) in [5.41, 5.74) is 1.44. The van der Waals surface area contributed by atoms with Crippen LogP contribution in [0.2, 0.25) is 0 Å². The van der Waals surface area contributed by atoms with E-state index < -0.39 is 0 Å². The molecule has 0 saturated carbocycles. The van der Waals surface area contributed by atoms with Crippen molar-refractivity contribution in [2.45, 2.75) is 16.7 Å². The van der Waals surface area contributed by atoms with Gasteiger partial charge < -0.3 is 9.84 Å². The average molecular weight is 360 g/mol. The summed E-state index contributed by atoms with van der Waals surface area (Å²) in [5, 5.41) is 8.99. The molecule has 4 rings (SSSR count). The van der Waals surface area contributed by atoms with E-state index in [4.69, 9.17) is 4.52 Å². The lowest BCUT2D eigenvalue weighted by atomic mass is 10.1. The van der Waals surface area contributed by atoms with Crippen molar-refractivity contribution in [1.82, 2.24) is 5.16 Å². The Bertz CT molecular complexity index is 1070. The molecular formula is C21H16N2O2S. The molecule has 0 spiro atoms. The third-order valence-corrected chi connectivity index (χ3v) is 5.21. The van der Waals surface area contributed by atoms with Gasteiger partial charge in [-0.1, -0.05) is 71.5 Å². The number of amides is 1. The molecule has 0 bridgehead atoms. The van der Waals surface area contributed by atoms with Crippen molar-refractivity contribution in [3.8, 4) is 0 Å². The molecule has 5 heteroatoms. The van der Waals surface area contributed by atoms with Crippen molar-refractivity contribution in [1.29, 1.82) is 0 Å². The molecule has 0 aliphatic rings. The molecule has 0 aliphatic heterocycles. The zero-order valence-electron chi connectivity index (χ0n) is 14.1. The van der Waals surface area contributed by atoms with E-state index in [1.807, 2.05) is 79.7 Å². The van der Waals surface area contributed by atoms with E-state index in [9.17, 15) is 4.79 Å². The first-order chi connectivity index (χ1) is 12.7. The van der Waals surface area contributed by atoms with Gasteiger partial charge in [-0.05, 0) is 30.5 Å². The minimum Gasteiger partial charge on any atom is -0.349 e. The summed E-state index contributed by atoms with van der Waals surface area (Å²) in [6, 6.07) is 23.6. The standard InChI is InChI=1S/C21H16N2O2S/c1-14-20(26-16-10-3-2-4-11-16)19(25-23-14)21(24)22-18-13-7-9-15-8-5-6-12-17(15)18/h2-13H,1H3,(H,22,24). The summed E-state index contributed by atoms with van der Waals surface area (Å²) in [4.78, 5) is 14.6. The maximum Gasteiger partial charge on any atom is 0.295 e. The number of nitrogens with zero attached hydrogens (tertiary/aromatic N) is 1. The van der Waals surface area contributed by atoms with Crippen LogP contribution in [0.4, 0.5) is 5.69 Å². The van der Waals surface area contributed by atoms with Crippen LogP contribution in [0.1, 0.15) is 16.2 Å². The van der Waals surface area contributed by atoms with Gasteiger partial charge in [0.25, 0.3) is 5.91 Å². The van der Waals surface area contributed by atoms with Crippen molar-refractivity contribution in [3.63, 3.8) is 0 Å². The number of aryl methyl sites for hydroxylation is 1. The minimum atomic E-state index is -0.305. The molecule has 0 atom stereocenters. The number of benzene rings is 3. The van der Waals surface area contributed by atoms with E-state index in [2.05, 4.69) is 10.5 Å². The van der Waals surface area contributed by atoms with Crippen LogP contribution < -0.4 is 5.32 Å². The topological polar surface area (TPSA) is 55.1 Å². The Hall–Kier alpha value is -3.05. The van der Waals surface area contributed by atoms with E-state index in [1.54, 1.807) is 0 Å². The second-order valence-electron chi connectivity index (χ2n) is 5.82. The van der Waals surface area contributed by atoms with E-state index in [0.29, 0.717) is 5.69 Å². The van der Waals surface area contributed by atoms with Gasteiger partial charge in [0, 0.05) is 16.0 Å². The fourth-order valence-electron chi connectivity index (χ4n) is 2.75. The summed E-state index contributed by atoms with van der Waals surface area (Å²) < 4.78 is 5.33. The van der Waals surface area contributed by atoms with Gasteiger partial charge in [-0.15, -0.1) is 0 Å². The lowest BCUT2D eigenvalue weighted by Crippen LogP contribution is -2.12. The van der Waals surface area contributed by atoms with Gasteiger partial charge >= 0.3 is 0 Å². The summed E-state index contributed by atoms with van der Waals surface area (Å²) >= 11 is 1.47. The zero-order chi connectivity index (χ0) is 17.9. The van der Waals surface area contributed by atoms with Gasteiger partial charge in [0.15, 0.2) is 0 Å². The van der Waals surface area contributed by atoms with Gasteiger partial charge in [-0.2, -0.15) is 0 Å². The van der Waals surface area contributed by atoms with Crippen LogP contribution in [0.3, 0.4) is 0 Å². The Balaban J connectivity index is 1.65. The maximum absolute atomic E-state index is 12.8. The summed E-state index contributed by atoms with van der Waals surface area (Å²) in [5.74, 6) is -0.0790. The Labute approximate surface area is 155 Å². The Morgan fingerprint density at radius 1 is 0.962 bits per heavy atom. The number of rotatable bonds is 4. The summed E-state index contributed by atoms with van der Waals surface area (Å²) in [7, 11) is 0. The van der Waals surface area contributed by atoms with Crippen molar-refractivity contribution in [2.75, 3.05) is 5.32 Å².